The van der Waals surface area contributed by atoms with Crippen molar-refractivity contribution in [1.29, 1.82) is 0 Å². The Morgan fingerprint density at radius 2 is 0.548 bits per heavy atom. The zero-order valence-electron chi connectivity index (χ0n) is 82.1. The summed E-state index contributed by atoms with van der Waals surface area (Å²) in [6.07, 6.45) is -48.1. The molecule has 0 amide bonds. The van der Waals surface area contributed by atoms with Crippen LogP contribution in [0, 0.1) is 0 Å². The fraction of sp³-hybridized carbons (Fsp3) is 0.534. The first kappa shape index (κ1) is 108. The molecule has 0 aromatic heterocycles. The number of ether oxygens (including phenoxy) is 34. The highest BCUT2D eigenvalue weighted by Gasteiger charge is 2.64. The predicted molar refractivity (Wildman–Crippen MR) is 498 cm³/mol. The number of nitrogens with zero attached hydrogens (tertiary/aromatic N) is 3. The molecule has 9 aliphatic heterocycles. The van der Waals surface area contributed by atoms with E-state index < -0.39 is 270 Å². The van der Waals surface area contributed by atoms with Crippen LogP contribution in [0.15, 0.2) is 217 Å². The Kier molecular flexibility index (Phi) is 38.7. The van der Waals surface area contributed by atoms with Gasteiger partial charge in [0.25, 0.3) is 0 Å². The summed E-state index contributed by atoms with van der Waals surface area (Å²) in [5, 5.41) is 3.93. The average molecular weight is 2040 g/mol. The largest absolute Gasteiger partial charge is 0.459 e. The van der Waals surface area contributed by atoms with Crippen LogP contribution in [-0.2, 0) is 161 Å². The second-order valence-corrected chi connectivity index (χ2v) is 35.2. The van der Waals surface area contributed by atoms with Gasteiger partial charge in [0.2, 0.25) is 0 Å². The van der Waals surface area contributed by atoms with Crippen LogP contribution in [0.2, 0.25) is 0 Å². The van der Waals surface area contributed by atoms with Crippen LogP contribution in [0.5, 0.6) is 0 Å². The molecule has 0 saturated carbocycles. The highest BCUT2D eigenvalue weighted by atomic mass is 16.8. The molecule has 7 aromatic carbocycles. The molecule has 0 radical (unpaired) electrons. The first-order chi connectivity index (χ1) is 71.3. The van der Waals surface area contributed by atoms with Crippen molar-refractivity contribution in [1.82, 2.24) is 0 Å². The third-order valence-corrected chi connectivity index (χ3v) is 26.5. The van der Waals surface area contributed by atoms with Gasteiger partial charge in [0.15, 0.2) is 74.7 Å². The zero-order valence-corrected chi connectivity index (χ0v) is 82.1. The number of carbonyl (C=O) groups excluding carboxylic acids is 6. The molecule has 16 rings (SSSR count). The fourth-order valence-corrected chi connectivity index (χ4v) is 19.5. The zero-order chi connectivity index (χ0) is 102. The molecular weight excluding hydrogens is 1920 g/mol. The van der Waals surface area contributed by atoms with Gasteiger partial charge in [-0.3, -0.25) is 0 Å². The number of carbonyl (C=O) groups is 6. The van der Waals surface area contributed by atoms with Gasteiger partial charge < -0.3 is 161 Å². The summed E-state index contributed by atoms with van der Waals surface area (Å²) in [6.45, 7) is -2.24. The Morgan fingerprint density at radius 1 is 0.274 bits per heavy atom. The van der Waals surface area contributed by atoms with E-state index >= 15 is 14.4 Å². The lowest BCUT2D eigenvalue weighted by Crippen LogP contribution is -2.70. The van der Waals surface area contributed by atoms with E-state index in [1.54, 1.807) is 140 Å². The van der Waals surface area contributed by atoms with Crippen LogP contribution >= 0.6 is 0 Å². The predicted octanol–water partition coefficient (Wildman–Crippen LogP) is 7.89. The van der Waals surface area contributed by atoms with Crippen molar-refractivity contribution >= 4 is 35.8 Å². The Hall–Kier alpha value is -10.5. The van der Waals surface area contributed by atoms with Crippen LogP contribution < -0.4 is 0 Å². The van der Waals surface area contributed by atoms with E-state index in [1.165, 1.54) is 158 Å². The highest BCUT2D eigenvalue weighted by Crippen LogP contribution is 2.46. The summed E-state index contributed by atoms with van der Waals surface area (Å²) >= 11 is 0. The Balaban J connectivity index is 0.732. The molecular formula is C103H121N3O40. The number of methoxy groups -OCH3 is 12. The molecule has 0 aliphatic carbocycles. The minimum atomic E-state index is -2.12. The van der Waals surface area contributed by atoms with Crippen molar-refractivity contribution in [2.75, 3.05) is 132 Å². The summed E-state index contributed by atoms with van der Waals surface area (Å²) in [4.78, 5) is 93.4. The van der Waals surface area contributed by atoms with Gasteiger partial charge in [0.05, 0.1) is 72.5 Å². The topological polar surface area (TPSA) is 465 Å². The molecule has 788 valence electrons. The molecule has 15 unspecified atom stereocenters. The molecule has 146 heavy (non-hydrogen) atoms. The van der Waals surface area contributed by atoms with Crippen LogP contribution in [0.3, 0.4) is 0 Å². The summed E-state index contributed by atoms with van der Waals surface area (Å²) in [5.74, 6) is -5.75. The second-order valence-electron chi connectivity index (χ2n) is 35.2. The maximum Gasteiger partial charge on any atom is 0.338 e. The number of esters is 6. The van der Waals surface area contributed by atoms with Crippen LogP contribution in [0.4, 0.5) is 0 Å². The van der Waals surface area contributed by atoms with Gasteiger partial charge in [-0.15, -0.1) is 0 Å². The van der Waals surface area contributed by atoms with E-state index in [0.717, 1.165) is 0 Å². The quantitative estimate of drug-likeness (QED) is 0.0115. The van der Waals surface area contributed by atoms with E-state index in [9.17, 15) is 19.9 Å². The van der Waals surface area contributed by atoms with E-state index in [4.69, 9.17) is 161 Å². The van der Waals surface area contributed by atoms with Crippen molar-refractivity contribution in [3.05, 3.63) is 262 Å². The Morgan fingerprint density at radius 3 is 0.877 bits per heavy atom. The van der Waals surface area contributed by atoms with E-state index in [-0.39, 0.29) is 66.4 Å². The minimum absolute atomic E-state index is 0.0264. The lowest BCUT2D eigenvalue weighted by Gasteiger charge is -2.52. The van der Waals surface area contributed by atoms with Crippen LogP contribution in [0.25, 0.3) is 10.4 Å². The van der Waals surface area contributed by atoms with Crippen molar-refractivity contribution in [3.8, 4) is 0 Å². The number of fused-ring (bicyclic) bond motifs is 3. The molecule has 43 heteroatoms. The number of azide groups is 1. The summed E-state index contributed by atoms with van der Waals surface area (Å²) in [7, 11) is 17.1. The third kappa shape index (κ3) is 24.8. The summed E-state index contributed by atoms with van der Waals surface area (Å²) in [6, 6.07) is 55.2. The third-order valence-electron chi connectivity index (χ3n) is 26.5. The monoisotopic (exact) mass is 2040 g/mol. The molecule has 36 atom stereocenters. The number of hydrogen-bond donors (Lipinski definition) is 0. The smallest absolute Gasteiger partial charge is 0.338 e. The molecule has 9 heterocycles. The Bertz CT molecular complexity index is 5320. The van der Waals surface area contributed by atoms with Crippen molar-refractivity contribution in [2.45, 2.75) is 221 Å². The molecule has 9 fully saturated rings. The van der Waals surface area contributed by atoms with Gasteiger partial charge in [-0.25, -0.2) is 28.8 Å². The van der Waals surface area contributed by atoms with Crippen molar-refractivity contribution in [3.63, 3.8) is 0 Å². The lowest BCUT2D eigenvalue weighted by molar-refractivity contribution is -0.403. The lowest BCUT2D eigenvalue weighted by atomic mass is 9.94. The molecule has 43 nitrogen and oxygen atoms in total. The van der Waals surface area contributed by atoms with Gasteiger partial charge in [-0.2, -0.15) is 0 Å². The van der Waals surface area contributed by atoms with E-state index in [0.29, 0.717) is 5.56 Å². The van der Waals surface area contributed by atoms with E-state index in [2.05, 4.69) is 10.0 Å². The fourth-order valence-electron chi connectivity index (χ4n) is 19.5. The van der Waals surface area contributed by atoms with Gasteiger partial charge in [-0.05, 0) is 78.3 Å². The normalized spacial score (nSPS) is 34.8. The molecule has 7 aromatic rings. The summed E-state index contributed by atoms with van der Waals surface area (Å²) in [5.41, 5.74) is 10.3. The highest BCUT2D eigenvalue weighted by molar-refractivity contribution is 5.92. The maximum absolute atomic E-state index is 15.6. The Labute approximate surface area is 841 Å². The van der Waals surface area contributed by atoms with Crippen molar-refractivity contribution < 1.29 is 190 Å². The van der Waals surface area contributed by atoms with Gasteiger partial charge in [0, 0.05) is 95.8 Å². The molecule has 0 spiro atoms. The van der Waals surface area contributed by atoms with Gasteiger partial charge in [-0.1, -0.05) is 145 Å². The standard InChI is InChI=1S/C103H121N3O40/c1-113-48-62-71(78(117-5)84(121-9)98(130-62)141-70-67-54-128-97(129-67)69(105-106-104)77(70)116-4)142-99-85(122-10)79(118-6)72(63(131-99)49-114-2)143-100-86(123-11)80(119-7)73(64(132-100)50-115-3)144-101-87(124-12)81(120-8)74(65(133-101)51-125-90(107)55-34-20-13-21-35-55)145-102-89(139-95(112)60-44-30-18-31-45-60)83(137-93(110)58-40-26-16-27-41-58)76(66(134-102)52-126-91(108)56-36-22-14-23-37-56)146-103-88(138-94(111)59-42-28-17-29-43-59)82(136-92(109)57-38-24-15-25-39-57)75-68(135-103)53-127-96(140-75)61-46-32-19-33-47-61/h13-47,62-89,96-103H,48-54H2,1-12H3/t62-,63-,64?,65?,66-,67?,68-,69?,70-,71+,72+,73+,74+,75+,76+,77-,78?,79?,80-,81-,82?,83?,84?,85?,86?,87?,88?,89?,96?,97+,98-,99+,100-,101-,102-,103+/m0/s1. The minimum Gasteiger partial charge on any atom is -0.459 e. The molecule has 0 N–H and O–H groups in total. The van der Waals surface area contributed by atoms with Gasteiger partial charge >= 0.3 is 35.8 Å². The molecule has 9 aliphatic rings. The maximum atomic E-state index is 15.6. The van der Waals surface area contributed by atoms with Crippen LogP contribution in [0.1, 0.15) is 74.0 Å². The van der Waals surface area contributed by atoms with Gasteiger partial charge in [0.1, 0.15) is 154 Å². The average Bonchev–Trinajstić information content (AvgIpc) is 0.935. The molecule has 9 saturated heterocycles. The number of benzene rings is 7. The second kappa shape index (κ2) is 52.1. The van der Waals surface area contributed by atoms with Crippen molar-refractivity contribution in [2.24, 2.45) is 5.11 Å². The molecule has 2 bridgehead atoms. The van der Waals surface area contributed by atoms with E-state index in [1.807, 2.05) is 0 Å². The van der Waals surface area contributed by atoms with Crippen LogP contribution in [-0.4, -0.2) is 382 Å². The number of hydrogen-bond acceptors (Lipinski definition) is 41. The summed E-state index contributed by atoms with van der Waals surface area (Å²) < 4.78 is 223. The first-order valence-electron chi connectivity index (χ1n) is 47.5. The first-order valence-corrected chi connectivity index (χ1v) is 47.5. The SMILES string of the molecule is COCC1O[C@@H](O[C@H]2C(OC)C(OC)[C@@H](O[C@H]3C(OC)C(OC)[C@H](O[C@H]4C5CO[C@H](O5)C(N=[N+]=[N-])[C@@H]4OC)O[C@H]3COC)O[C@H]2COC)C(OC)[C@@H](OC)[C@@H]1O[C@@H]1OC(COC(=O)c2ccccc2)[C@@H](O[C@@H]2O[C@@H](COC(=O)c3ccccc3)[C@@H](O[C@H]3O[C@H]4COC(c5ccccc5)O[C@H]4C(OC(=O)c4ccccc4)C3OC(=O)c3ccccc3)C(OC(=O)c3ccccc3)C2OC(=O)c2ccccc2)[C@H](OC)C1OC. The number of rotatable bonds is 43.